The lowest BCUT2D eigenvalue weighted by atomic mass is 10.1. The third kappa shape index (κ3) is 33.2. The van der Waals surface area contributed by atoms with Gasteiger partial charge in [0.25, 0.3) is 0 Å². The van der Waals surface area contributed by atoms with Crippen molar-refractivity contribution in [3.63, 3.8) is 0 Å². The minimum absolute atomic E-state index is 0.110. The molecule has 3 N–H and O–H groups in total. The van der Waals surface area contributed by atoms with Crippen LogP contribution in [0.5, 0.6) is 0 Å². The van der Waals surface area contributed by atoms with Crippen molar-refractivity contribution in [2.45, 2.75) is 71.1 Å². The van der Waals surface area contributed by atoms with Crippen LogP contribution in [0.15, 0.2) is 0 Å². The SMILES string of the molecule is CCCCCCCCCCCCOC(=O)CN(C)C.O=P(O)(O)O. The summed E-state index contributed by atoms with van der Waals surface area (Å²) in [4.78, 5) is 34.6. The highest BCUT2D eigenvalue weighted by molar-refractivity contribution is 7.45. The van der Waals surface area contributed by atoms with Crippen LogP contribution in [0.2, 0.25) is 0 Å². The lowest BCUT2D eigenvalue weighted by Gasteiger charge is -2.09. The maximum absolute atomic E-state index is 11.2. The zero-order valence-corrected chi connectivity index (χ0v) is 16.3. The lowest BCUT2D eigenvalue weighted by molar-refractivity contribution is -0.144. The van der Waals surface area contributed by atoms with E-state index >= 15 is 0 Å². The molecule has 0 heterocycles. The number of esters is 1. The average Bonchev–Trinajstić information content (AvgIpc) is 2.42. The summed E-state index contributed by atoms with van der Waals surface area (Å²) in [7, 11) is -0.885. The van der Waals surface area contributed by atoms with Crippen molar-refractivity contribution in [1.82, 2.24) is 4.90 Å². The first kappa shape index (κ1) is 25.8. The molecule has 0 saturated carbocycles. The first-order valence-electron chi connectivity index (χ1n) is 8.75. The number of phosphoric acid groups is 1. The predicted molar refractivity (Wildman–Crippen MR) is 95.6 cm³/mol. The predicted octanol–water partition coefficient (Wildman–Crippen LogP) is 3.08. The van der Waals surface area contributed by atoms with Crippen LogP contribution in [0.3, 0.4) is 0 Å². The Labute approximate surface area is 146 Å². The Morgan fingerprint density at radius 1 is 0.875 bits per heavy atom. The van der Waals surface area contributed by atoms with E-state index in [0.29, 0.717) is 13.2 Å². The molecule has 0 aliphatic heterocycles. The number of nitrogens with zero attached hydrogens (tertiary/aromatic N) is 1. The Morgan fingerprint density at radius 2 is 1.25 bits per heavy atom. The second-order valence-electron chi connectivity index (χ2n) is 6.15. The topological polar surface area (TPSA) is 107 Å². The number of carbonyl (C=O) groups is 1. The molecule has 0 saturated heterocycles. The van der Waals surface area contributed by atoms with Gasteiger partial charge in [0.15, 0.2) is 0 Å². The van der Waals surface area contributed by atoms with E-state index in [9.17, 15) is 4.79 Å². The van der Waals surface area contributed by atoms with Gasteiger partial charge in [-0.2, -0.15) is 0 Å². The van der Waals surface area contributed by atoms with Gasteiger partial charge in [0, 0.05) is 0 Å². The fraction of sp³-hybridized carbons (Fsp3) is 0.938. The van der Waals surface area contributed by atoms with E-state index in [2.05, 4.69) is 6.92 Å². The molecule has 0 amide bonds. The monoisotopic (exact) mass is 369 g/mol. The molecule has 0 atom stereocenters. The summed E-state index contributed by atoms with van der Waals surface area (Å²) in [6.45, 7) is 3.23. The van der Waals surface area contributed by atoms with Crippen molar-refractivity contribution >= 4 is 13.8 Å². The maximum atomic E-state index is 11.2. The highest BCUT2D eigenvalue weighted by Crippen LogP contribution is 2.25. The van der Waals surface area contributed by atoms with Crippen molar-refractivity contribution in [2.75, 3.05) is 27.2 Å². The van der Waals surface area contributed by atoms with E-state index < -0.39 is 7.82 Å². The fourth-order valence-corrected chi connectivity index (χ4v) is 2.08. The summed E-state index contributed by atoms with van der Waals surface area (Å²) in [5.74, 6) is -0.110. The molecule has 0 aliphatic carbocycles. The van der Waals surface area contributed by atoms with Gasteiger partial charge in [0.2, 0.25) is 0 Å². The number of likely N-dealkylation sites (N-methyl/N-ethyl adjacent to an activating group) is 1. The van der Waals surface area contributed by atoms with Crippen molar-refractivity contribution in [3.8, 4) is 0 Å². The van der Waals surface area contributed by atoms with Gasteiger partial charge in [-0.15, -0.1) is 0 Å². The third-order valence-electron chi connectivity index (χ3n) is 3.21. The Kier molecular flexibility index (Phi) is 18.7. The molecular formula is C16H36NO6P. The Morgan fingerprint density at radius 3 is 1.62 bits per heavy atom. The summed E-state index contributed by atoms with van der Waals surface area (Å²) >= 11 is 0. The van der Waals surface area contributed by atoms with Gasteiger partial charge in [-0.3, -0.25) is 9.69 Å². The smallest absolute Gasteiger partial charge is 0.465 e. The molecule has 0 spiro atoms. The summed E-state index contributed by atoms with van der Waals surface area (Å²) in [5.41, 5.74) is 0. The minimum atomic E-state index is -4.64. The van der Waals surface area contributed by atoms with Crippen molar-refractivity contribution in [1.29, 1.82) is 0 Å². The highest BCUT2D eigenvalue weighted by Gasteiger charge is 2.03. The lowest BCUT2D eigenvalue weighted by Crippen LogP contribution is -2.23. The number of hydrogen-bond acceptors (Lipinski definition) is 4. The summed E-state index contributed by atoms with van der Waals surface area (Å²) in [5, 5.41) is 0. The maximum Gasteiger partial charge on any atom is 0.466 e. The van der Waals surface area contributed by atoms with E-state index in [1.54, 1.807) is 0 Å². The van der Waals surface area contributed by atoms with Crippen LogP contribution < -0.4 is 0 Å². The Hall–Kier alpha value is -0.460. The number of rotatable bonds is 13. The van der Waals surface area contributed by atoms with E-state index in [-0.39, 0.29) is 5.97 Å². The molecule has 7 nitrogen and oxygen atoms in total. The minimum Gasteiger partial charge on any atom is -0.465 e. The molecule has 8 heteroatoms. The largest absolute Gasteiger partial charge is 0.466 e. The molecule has 0 aromatic carbocycles. The van der Waals surface area contributed by atoms with Gasteiger partial charge < -0.3 is 19.4 Å². The molecule has 0 radical (unpaired) electrons. The highest BCUT2D eigenvalue weighted by atomic mass is 31.2. The number of hydrogen-bond donors (Lipinski definition) is 3. The number of unbranched alkanes of at least 4 members (excludes halogenated alkanes) is 9. The van der Waals surface area contributed by atoms with Crippen LogP contribution >= 0.6 is 7.82 Å². The first-order chi connectivity index (χ1) is 11.2. The van der Waals surface area contributed by atoms with Gasteiger partial charge in [-0.05, 0) is 20.5 Å². The van der Waals surface area contributed by atoms with Gasteiger partial charge in [0.1, 0.15) is 0 Å². The number of carbonyl (C=O) groups excluding carboxylic acids is 1. The zero-order chi connectivity index (χ0) is 18.8. The quantitative estimate of drug-likeness (QED) is 0.260. The van der Waals surface area contributed by atoms with Crippen molar-refractivity contribution < 1.29 is 28.8 Å². The van der Waals surface area contributed by atoms with Gasteiger partial charge in [0.05, 0.1) is 13.2 Å². The van der Waals surface area contributed by atoms with Crippen LogP contribution in [0.1, 0.15) is 71.1 Å². The van der Waals surface area contributed by atoms with Gasteiger partial charge in [-0.25, -0.2) is 4.57 Å². The van der Waals surface area contributed by atoms with Crippen LogP contribution in [0, 0.1) is 0 Å². The van der Waals surface area contributed by atoms with Gasteiger partial charge >= 0.3 is 13.8 Å². The fourth-order valence-electron chi connectivity index (χ4n) is 2.08. The second-order valence-corrected chi connectivity index (χ2v) is 7.18. The first-order valence-corrected chi connectivity index (χ1v) is 10.3. The molecule has 0 bridgehead atoms. The zero-order valence-electron chi connectivity index (χ0n) is 15.4. The molecule has 0 rings (SSSR count). The Balaban J connectivity index is 0. The van der Waals surface area contributed by atoms with Gasteiger partial charge in [-0.1, -0.05) is 64.7 Å². The summed E-state index contributed by atoms with van der Waals surface area (Å²) in [6, 6.07) is 0. The molecule has 24 heavy (non-hydrogen) atoms. The molecule has 0 aliphatic rings. The molecule has 0 unspecified atom stereocenters. The van der Waals surface area contributed by atoms with E-state index in [0.717, 1.165) is 6.42 Å². The molecule has 0 fully saturated rings. The van der Waals surface area contributed by atoms with Crippen LogP contribution in [-0.2, 0) is 14.1 Å². The van der Waals surface area contributed by atoms with Crippen molar-refractivity contribution in [3.05, 3.63) is 0 Å². The van der Waals surface area contributed by atoms with E-state index in [4.69, 9.17) is 24.0 Å². The number of ether oxygens (including phenoxy) is 1. The van der Waals surface area contributed by atoms with Crippen LogP contribution in [-0.4, -0.2) is 52.8 Å². The van der Waals surface area contributed by atoms with E-state index in [1.807, 2.05) is 19.0 Å². The van der Waals surface area contributed by atoms with Crippen LogP contribution in [0.25, 0.3) is 0 Å². The third-order valence-corrected chi connectivity index (χ3v) is 3.21. The van der Waals surface area contributed by atoms with Crippen molar-refractivity contribution in [2.24, 2.45) is 0 Å². The summed E-state index contributed by atoms with van der Waals surface area (Å²) in [6.07, 6.45) is 13.1. The summed E-state index contributed by atoms with van der Waals surface area (Å²) < 4.78 is 14.0. The van der Waals surface area contributed by atoms with Crippen LogP contribution in [0.4, 0.5) is 0 Å². The second kappa shape index (κ2) is 17.4. The molecule has 146 valence electrons. The molecule has 0 aromatic rings. The Bertz CT molecular complexity index is 324. The molecular weight excluding hydrogens is 333 g/mol. The average molecular weight is 369 g/mol. The standard InChI is InChI=1S/C16H33NO2.H3O4P/c1-4-5-6-7-8-9-10-11-12-13-14-19-16(18)15-17(2)3;1-5(2,3)4/h4-15H2,1-3H3;(H3,1,2,3,4). The molecule has 0 aromatic heterocycles. The normalized spacial score (nSPS) is 11.1. The van der Waals surface area contributed by atoms with E-state index in [1.165, 1.54) is 57.8 Å².